The van der Waals surface area contributed by atoms with Crippen molar-refractivity contribution < 1.29 is 9.59 Å². The van der Waals surface area contributed by atoms with E-state index in [0.29, 0.717) is 22.0 Å². The molecule has 0 aliphatic carbocycles. The number of pyridine rings is 1. The Labute approximate surface area is 168 Å². The van der Waals surface area contributed by atoms with E-state index in [1.165, 1.54) is 12.3 Å². The average Bonchev–Trinajstić information content (AvgIpc) is 2.64. The van der Waals surface area contributed by atoms with Gasteiger partial charge in [0.1, 0.15) is 5.69 Å². The number of nitrogens with one attached hydrogen (secondary N) is 2. The predicted molar refractivity (Wildman–Crippen MR) is 112 cm³/mol. The van der Waals surface area contributed by atoms with Gasteiger partial charge < -0.3 is 10.6 Å². The molecule has 3 rings (SSSR count). The van der Waals surface area contributed by atoms with Gasteiger partial charge in [0.15, 0.2) is 0 Å². The van der Waals surface area contributed by atoms with Gasteiger partial charge >= 0.3 is 0 Å². The van der Waals surface area contributed by atoms with Crippen LogP contribution in [0.5, 0.6) is 0 Å². The molecule has 1 heterocycles. The lowest BCUT2D eigenvalue weighted by Gasteiger charge is -2.12. The highest BCUT2D eigenvalue weighted by molar-refractivity contribution is 6.34. The molecule has 0 saturated carbocycles. The Balaban J connectivity index is 1.79. The van der Waals surface area contributed by atoms with Crippen molar-refractivity contribution in [2.24, 2.45) is 0 Å². The van der Waals surface area contributed by atoms with Gasteiger partial charge in [0.2, 0.25) is 0 Å². The van der Waals surface area contributed by atoms with Crippen LogP contribution in [0.3, 0.4) is 0 Å². The lowest BCUT2D eigenvalue weighted by molar-refractivity contribution is 0.102. The van der Waals surface area contributed by atoms with Crippen molar-refractivity contribution in [2.75, 3.05) is 10.6 Å². The van der Waals surface area contributed by atoms with Crippen LogP contribution in [-0.2, 0) is 0 Å². The molecule has 6 heteroatoms. The van der Waals surface area contributed by atoms with E-state index in [4.69, 9.17) is 11.6 Å². The summed E-state index contributed by atoms with van der Waals surface area (Å²) in [4.78, 5) is 29.2. The zero-order valence-electron chi connectivity index (χ0n) is 15.8. The first-order chi connectivity index (χ1) is 13.3. The number of anilines is 2. The van der Waals surface area contributed by atoms with E-state index in [0.717, 1.165) is 16.7 Å². The van der Waals surface area contributed by atoms with Crippen molar-refractivity contribution in [3.63, 3.8) is 0 Å². The first-order valence-electron chi connectivity index (χ1n) is 8.75. The van der Waals surface area contributed by atoms with Crippen molar-refractivity contribution in [1.29, 1.82) is 0 Å². The molecular formula is C22H20ClN3O2. The summed E-state index contributed by atoms with van der Waals surface area (Å²) >= 11 is 6.25. The Hall–Kier alpha value is -3.18. The first-order valence-corrected chi connectivity index (χ1v) is 9.13. The number of hydrogen-bond acceptors (Lipinski definition) is 3. The standard InChI is InChI=1S/C22H20ClN3O2/c1-13-5-4-6-17(10-13)25-21(27)16-7-8-24-19(12-16)22(28)26-20-15(3)9-14(2)11-18(20)23/h4-12H,1-3H3,(H,25,27)(H,26,28). The second kappa shape index (κ2) is 8.23. The summed E-state index contributed by atoms with van der Waals surface area (Å²) in [6.45, 7) is 5.75. The monoisotopic (exact) mass is 393 g/mol. The molecule has 2 aromatic carbocycles. The summed E-state index contributed by atoms with van der Waals surface area (Å²) in [5, 5.41) is 6.06. The maximum absolute atomic E-state index is 12.6. The fourth-order valence-electron chi connectivity index (χ4n) is 2.87. The molecule has 0 aliphatic rings. The van der Waals surface area contributed by atoms with Crippen LogP contribution in [0.25, 0.3) is 0 Å². The van der Waals surface area contributed by atoms with Crippen LogP contribution >= 0.6 is 11.6 Å². The van der Waals surface area contributed by atoms with Gasteiger partial charge in [-0.2, -0.15) is 0 Å². The third-order valence-corrected chi connectivity index (χ3v) is 4.50. The summed E-state index contributed by atoms with van der Waals surface area (Å²) in [6, 6.07) is 14.2. The van der Waals surface area contributed by atoms with Crippen molar-refractivity contribution >= 4 is 34.8 Å². The molecular weight excluding hydrogens is 374 g/mol. The van der Waals surface area contributed by atoms with E-state index in [1.54, 1.807) is 12.1 Å². The van der Waals surface area contributed by atoms with Crippen molar-refractivity contribution in [1.82, 2.24) is 4.98 Å². The third kappa shape index (κ3) is 4.56. The van der Waals surface area contributed by atoms with Gasteiger partial charge in [-0.15, -0.1) is 0 Å². The largest absolute Gasteiger partial charge is 0.322 e. The second-order valence-electron chi connectivity index (χ2n) is 6.65. The van der Waals surface area contributed by atoms with Crippen LogP contribution in [-0.4, -0.2) is 16.8 Å². The number of aryl methyl sites for hydroxylation is 3. The minimum atomic E-state index is -0.431. The Kier molecular flexibility index (Phi) is 5.76. The molecule has 2 N–H and O–H groups in total. The molecule has 1 aromatic heterocycles. The minimum absolute atomic E-state index is 0.132. The summed E-state index contributed by atoms with van der Waals surface area (Å²) in [5.74, 6) is -0.745. The quantitative estimate of drug-likeness (QED) is 0.642. The molecule has 0 spiro atoms. The minimum Gasteiger partial charge on any atom is -0.322 e. The number of amides is 2. The third-order valence-electron chi connectivity index (χ3n) is 4.20. The van der Waals surface area contributed by atoms with E-state index in [9.17, 15) is 9.59 Å². The van der Waals surface area contributed by atoms with E-state index < -0.39 is 5.91 Å². The number of nitrogens with zero attached hydrogens (tertiary/aromatic N) is 1. The van der Waals surface area contributed by atoms with E-state index in [-0.39, 0.29) is 11.6 Å². The van der Waals surface area contributed by atoms with Gasteiger partial charge in [0.25, 0.3) is 11.8 Å². The van der Waals surface area contributed by atoms with Gasteiger partial charge in [0.05, 0.1) is 10.7 Å². The summed E-state index contributed by atoms with van der Waals surface area (Å²) in [7, 11) is 0. The maximum atomic E-state index is 12.6. The van der Waals surface area contributed by atoms with Gasteiger partial charge in [-0.1, -0.05) is 29.8 Å². The van der Waals surface area contributed by atoms with E-state index in [1.807, 2.05) is 51.1 Å². The normalized spacial score (nSPS) is 10.4. The van der Waals surface area contributed by atoms with Crippen LogP contribution in [0, 0.1) is 20.8 Å². The zero-order chi connectivity index (χ0) is 20.3. The molecule has 0 atom stereocenters. The summed E-state index contributed by atoms with van der Waals surface area (Å²) < 4.78 is 0. The van der Waals surface area contributed by atoms with Crippen LogP contribution in [0.1, 0.15) is 37.5 Å². The number of carbonyl (C=O) groups is 2. The molecule has 0 radical (unpaired) electrons. The van der Waals surface area contributed by atoms with Crippen LogP contribution in [0.2, 0.25) is 5.02 Å². The average molecular weight is 394 g/mol. The molecule has 142 valence electrons. The molecule has 0 fully saturated rings. The molecule has 5 nitrogen and oxygen atoms in total. The van der Waals surface area contributed by atoms with Gasteiger partial charge in [-0.05, 0) is 67.8 Å². The number of rotatable bonds is 4. The van der Waals surface area contributed by atoms with E-state index in [2.05, 4.69) is 15.6 Å². The molecule has 0 aliphatic heterocycles. The van der Waals surface area contributed by atoms with Crippen LogP contribution < -0.4 is 10.6 Å². The lowest BCUT2D eigenvalue weighted by atomic mass is 10.1. The van der Waals surface area contributed by atoms with Gasteiger partial charge in [-0.25, -0.2) is 0 Å². The summed E-state index contributed by atoms with van der Waals surface area (Å²) in [5.41, 5.74) is 4.60. The molecule has 28 heavy (non-hydrogen) atoms. The van der Waals surface area contributed by atoms with Gasteiger partial charge in [-0.3, -0.25) is 14.6 Å². The van der Waals surface area contributed by atoms with Crippen molar-refractivity contribution in [3.05, 3.63) is 87.7 Å². The lowest BCUT2D eigenvalue weighted by Crippen LogP contribution is -2.17. The Morgan fingerprint density at radius 3 is 2.39 bits per heavy atom. The topological polar surface area (TPSA) is 71.1 Å². The predicted octanol–water partition coefficient (Wildman–Crippen LogP) is 5.16. The zero-order valence-corrected chi connectivity index (χ0v) is 16.6. The number of aromatic nitrogens is 1. The van der Waals surface area contributed by atoms with Crippen molar-refractivity contribution in [3.8, 4) is 0 Å². The smallest absolute Gasteiger partial charge is 0.274 e. The fourth-order valence-corrected chi connectivity index (χ4v) is 3.24. The fraction of sp³-hybridized carbons (Fsp3) is 0.136. The van der Waals surface area contributed by atoms with Crippen LogP contribution in [0.4, 0.5) is 11.4 Å². The Morgan fingerprint density at radius 2 is 1.68 bits per heavy atom. The Morgan fingerprint density at radius 1 is 0.893 bits per heavy atom. The highest BCUT2D eigenvalue weighted by atomic mass is 35.5. The molecule has 0 saturated heterocycles. The number of benzene rings is 2. The van der Waals surface area contributed by atoms with Gasteiger partial charge in [0, 0.05) is 17.4 Å². The highest BCUT2D eigenvalue weighted by Gasteiger charge is 2.15. The SMILES string of the molecule is Cc1cccc(NC(=O)c2ccnc(C(=O)Nc3c(C)cc(C)cc3Cl)c2)c1. The maximum Gasteiger partial charge on any atom is 0.274 e. The molecule has 3 aromatic rings. The number of hydrogen-bond donors (Lipinski definition) is 2. The van der Waals surface area contributed by atoms with E-state index >= 15 is 0 Å². The number of carbonyl (C=O) groups excluding carboxylic acids is 2. The first kappa shape index (κ1) is 19.6. The molecule has 0 bridgehead atoms. The summed E-state index contributed by atoms with van der Waals surface area (Å²) in [6.07, 6.45) is 1.43. The Bertz CT molecular complexity index is 1040. The molecule has 0 unspecified atom stereocenters. The molecule has 2 amide bonds. The highest BCUT2D eigenvalue weighted by Crippen LogP contribution is 2.27. The number of halogens is 1. The van der Waals surface area contributed by atoms with Crippen molar-refractivity contribution in [2.45, 2.75) is 20.8 Å². The van der Waals surface area contributed by atoms with Crippen LogP contribution in [0.15, 0.2) is 54.7 Å². The second-order valence-corrected chi connectivity index (χ2v) is 7.05.